The SMILES string of the molecule is [2H]C1=C(Oc2ccc(OC(F)(F)F)cc2Cl)C=C(C(F)(F)F)N(c2ccncc2)C1. The molecular formula is C18H11ClF6N2O2. The third-order valence-corrected chi connectivity index (χ3v) is 3.89. The summed E-state index contributed by atoms with van der Waals surface area (Å²) in [5.41, 5.74) is -0.920. The van der Waals surface area contributed by atoms with E-state index in [-0.39, 0.29) is 22.5 Å². The molecule has 1 aromatic heterocycles. The normalized spacial score (nSPS) is 15.8. The van der Waals surface area contributed by atoms with Crippen molar-refractivity contribution in [2.24, 2.45) is 0 Å². The van der Waals surface area contributed by atoms with Crippen molar-refractivity contribution in [3.8, 4) is 11.5 Å². The van der Waals surface area contributed by atoms with Gasteiger partial charge in [-0.1, -0.05) is 11.6 Å². The van der Waals surface area contributed by atoms with Crippen LogP contribution >= 0.6 is 11.6 Å². The molecular weight excluding hydrogens is 426 g/mol. The number of ether oxygens (including phenoxy) is 2. The van der Waals surface area contributed by atoms with E-state index >= 15 is 0 Å². The Kier molecular flexibility index (Phi) is 5.27. The van der Waals surface area contributed by atoms with Crippen LogP contribution in [-0.4, -0.2) is 24.1 Å². The molecule has 1 aliphatic heterocycles. The van der Waals surface area contributed by atoms with E-state index in [1.54, 1.807) is 0 Å². The third-order valence-electron chi connectivity index (χ3n) is 3.59. The second-order valence-corrected chi connectivity index (χ2v) is 6.01. The van der Waals surface area contributed by atoms with Crippen molar-refractivity contribution in [2.45, 2.75) is 12.5 Å². The van der Waals surface area contributed by atoms with E-state index in [0.717, 1.165) is 23.1 Å². The number of benzene rings is 1. The molecule has 29 heavy (non-hydrogen) atoms. The van der Waals surface area contributed by atoms with Crippen LogP contribution in [0.25, 0.3) is 0 Å². The van der Waals surface area contributed by atoms with Gasteiger partial charge in [-0.2, -0.15) is 13.2 Å². The number of allylic oxidation sites excluding steroid dienone is 2. The van der Waals surface area contributed by atoms with E-state index in [1.165, 1.54) is 24.5 Å². The maximum absolute atomic E-state index is 13.6. The molecule has 0 atom stereocenters. The van der Waals surface area contributed by atoms with Crippen LogP contribution in [-0.2, 0) is 0 Å². The highest BCUT2D eigenvalue weighted by Crippen LogP contribution is 2.37. The van der Waals surface area contributed by atoms with Gasteiger partial charge in [0.1, 0.15) is 23.0 Å². The quantitative estimate of drug-likeness (QED) is 0.561. The molecule has 0 spiro atoms. The van der Waals surface area contributed by atoms with Crippen molar-refractivity contribution < 1.29 is 37.2 Å². The Morgan fingerprint density at radius 3 is 2.34 bits per heavy atom. The van der Waals surface area contributed by atoms with E-state index in [9.17, 15) is 26.3 Å². The fourth-order valence-electron chi connectivity index (χ4n) is 2.43. The molecule has 0 bridgehead atoms. The number of rotatable bonds is 4. The summed E-state index contributed by atoms with van der Waals surface area (Å²) in [6, 6.07) is 5.10. The number of nitrogens with zero attached hydrogens (tertiary/aromatic N) is 2. The van der Waals surface area contributed by atoms with Crippen LogP contribution in [0.15, 0.2) is 66.3 Å². The van der Waals surface area contributed by atoms with Crippen LogP contribution in [0.1, 0.15) is 1.37 Å². The number of alkyl halides is 6. The van der Waals surface area contributed by atoms with Gasteiger partial charge in [-0.3, -0.25) is 4.98 Å². The Morgan fingerprint density at radius 1 is 1.07 bits per heavy atom. The molecule has 1 aliphatic rings. The van der Waals surface area contributed by atoms with Crippen molar-refractivity contribution in [1.29, 1.82) is 0 Å². The third kappa shape index (κ3) is 5.35. The highest BCUT2D eigenvalue weighted by molar-refractivity contribution is 6.32. The number of anilines is 1. The second-order valence-electron chi connectivity index (χ2n) is 5.60. The van der Waals surface area contributed by atoms with Gasteiger partial charge < -0.3 is 14.4 Å². The Labute approximate surface area is 167 Å². The lowest BCUT2D eigenvalue weighted by Gasteiger charge is -2.30. The lowest BCUT2D eigenvalue weighted by Crippen LogP contribution is -2.34. The van der Waals surface area contributed by atoms with Crippen molar-refractivity contribution in [1.82, 2.24) is 4.98 Å². The Hall–Kier alpha value is -2.88. The highest BCUT2D eigenvalue weighted by atomic mass is 35.5. The summed E-state index contributed by atoms with van der Waals surface area (Å²) in [6.45, 7) is -0.461. The van der Waals surface area contributed by atoms with Crippen molar-refractivity contribution in [3.05, 3.63) is 71.3 Å². The molecule has 0 radical (unpaired) electrons. The lowest BCUT2D eigenvalue weighted by molar-refractivity contribution is -0.274. The topological polar surface area (TPSA) is 34.6 Å². The summed E-state index contributed by atoms with van der Waals surface area (Å²) < 4.78 is 94.7. The fourth-order valence-corrected chi connectivity index (χ4v) is 2.64. The molecule has 3 rings (SSSR count). The number of pyridine rings is 1. The maximum atomic E-state index is 13.6. The van der Waals surface area contributed by atoms with Gasteiger partial charge in [0.2, 0.25) is 0 Å². The largest absolute Gasteiger partial charge is 0.573 e. The Morgan fingerprint density at radius 2 is 1.76 bits per heavy atom. The molecule has 4 nitrogen and oxygen atoms in total. The molecule has 11 heteroatoms. The fraction of sp³-hybridized carbons (Fsp3) is 0.167. The van der Waals surface area contributed by atoms with Gasteiger partial charge in [-0.15, -0.1) is 13.2 Å². The monoisotopic (exact) mass is 437 g/mol. The Bertz CT molecular complexity index is 992. The van der Waals surface area contributed by atoms with Crippen LogP contribution in [0.5, 0.6) is 11.5 Å². The molecule has 0 unspecified atom stereocenters. The summed E-state index contributed by atoms with van der Waals surface area (Å²) in [5, 5.41) is -0.337. The molecule has 0 saturated carbocycles. The molecule has 0 N–H and O–H groups in total. The predicted octanol–water partition coefficient (Wildman–Crippen LogP) is 5.86. The molecule has 2 heterocycles. The zero-order chi connectivity index (χ0) is 22.1. The van der Waals surface area contributed by atoms with Crippen molar-refractivity contribution in [2.75, 3.05) is 11.4 Å². The first-order chi connectivity index (χ1) is 13.9. The summed E-state index contributed by atoms with van der Waals surface area (Å²) in [4.78, 5) is 4.62. The molecule has 0 aliphatic carbocycles. The van der Waals surface area contributed by atoms with Gasteiger partial charge in [-0.25, -0.2) is 0 Å². The lowest BCUT2D eigenvalue weighted by atomic mass is 10.2. The summed E-state index contributed by atoms with van der Waals surface area (Å²) in [6.07, 6.45) is -6.46. The van der Waals surface area contributed by atoms with Gasteiger partial charge in [0.25, 0.3) is 0 Å². The first-order valence-corrected chi connectivity index (χ1v) is 8.21. The molecule has 0 saturated heterocycles. The minimum atomic E-state index is -4.94. The maximum Gasteiger partial charge on any atom is 0.573 e. The summed E-state index contributed by atoms with van der Waals surface area (Å²) in [7, 11) is 0. The summed E-state index contributed by atoms with van der Waals surface area (Å²) >= 11 is 5.86. The molecule has 1 aromatic carbocycles. The predicted molar refractivity (Wildman–Crippen MR) is 92.6 cm³/mol. The van der Waals surface area contributed by atoms with E-state index < -0.39 is 36.3 Å². The van der Waals surface area contributed by atoms with E-state index in [4.69, 9.17) is 17.7 Å². The van der Waals surface area contributed by atoms with Crippen molar-refractivity contribution in [3.63, 3.8) is 0 Å². The zero-order valence-electron chi connectivity index (χ0n) is 15.2. The standard InChI is InChI=1S/C18H11ClF6N2O2/c19-14-9-13(29-18(23,24)25)1-2-15(14)28-12-5-8-27(11-3-6-26-7-4-11)16(10-12)17(20,21)22/h1-7,9-10H,8H2/i5D. The van der Waals surface area contributed by atoms with E-state index in [0.29, 0.717) is 6.08 Å². The number of hydrogen-bond donors (Lipinski definition) is 0. The number of hydrogen-bond acceptors (Lipinski definition) is 4. The van der Waals surface area contributed by atoms with Crippen LogP contribution in [0.2, 0.25) is 5.02 Å². The highest BCUT2D eigenvalue weighted by Gasteiger charge is 2.40. The average molecular weight is 438 g/mol. The first kappa shape index (κ1) is 19.4. The van der Waals surface area contributed by atoms with Crippen LogP contribution in [0, 0.1) is 0 Å². The zero-order valence-corrected chi connectivity index (χ0v) is 14.9. The molecule has 0 amide bonds. The summed E-state index contributed by atoms with van der Waals surface area (Å²) in [5.74, 6) is -1.31. The van der Waals surface area contributed by atoms with E-state index in [1.807, 2.05) is 0 Å². The minimum absolute atomic E-state index is 0.170. The van der Waals surface area contributed by atoms with Gasteiger partial charge >= 0.3 is 12.5 Å². The van der Waals surface area contributed by atoms with Gasteiger partial charge in [0, 0.05) is 36.8 Å². The number of halogens is 7. The van der Waals surface area contributed by atoms with E-state index in [2.05, 4.69) is 9.72 Å². The van der Waals surface area contributed by atoms with Crippen LogP contribution < -0.4 is 14.4 Å². The van der Waals surface area contributed by atoms with Crippen molar-refractivity contribution >= 4 is 17.3 Å². The van der Waals surface area contributed by atoms with Gasteiger partial charge in [-0.05, 0) is 30.3 Å². The second kappa shape index (κ2) is 7.86. The minimum Gasteiger partial charge on any atom is -0.456 e. The first-order valence-electron chi connectivity index (χ1n) is 8.33. The molecule has 2 aromatic rings. The Balaban J connectivity index is 1.90. The van der Waals surface area contributed by atoms with Gasteiger partial charge in [0.05, 0.1) is 6.39 Å². The van der Waals surface area contributed by atoms with Crippen LogP contribution in [0.3, 0.4) is 0 Å². The molecule has 154 valence electrons. The number of aromatic nitrogens is 1. The molecule has 0 fully saturated rings. The average Bonchev–Trinajstić information content (AvgIpc) is 2.63. The van der Waals surface area contributed by atoms with Gasteiger partial charge in [0.15, 0.2) is 0 Å². The van der Waals surface area contributed by atoms with Crippen LogP contribution in [0.4, 0.5) is 32.0 Å². The smallest absolute Gasteiger partial charge is 0.456 e.